The summed E-state index contributed by atoms with van der Waals surface area (Å²) in [7, 11) is 1.26. The quantitative estimate of drug-likeness (QED) is 0.334. The van der Waals surface area contributed by atoms with Crippen molar-refractivity contribution in [1.29, 1.82) is 0 Å². The first-order valence-electron chi connectivity index (χ1n) is 11.0. The molecule has 0 spiro atoms. The van der Waals surface area contributed by atoms with Crippen molar-refractivity contribution in [2.45, 2.75) is 26.8 Å². The van der Waals surface area contributed by atoms with E-state index >= 15 is 0 Å². The van der Waals surface area contributed by atoms with E-state index in [1.165, 1.54) is 25.5 Å². The average Bonchev–Trinajstić information content (AvgIpc) is 3.13. The molecule has 0 N–H and O–H groups in total. The lowest BCUT2D eigenvalue weighted by Crippen LogP contribution is -2.39. The summed E-state index contributed by atoms with van der Waals surface area (Å²) in [6, 6.07) is 10.8. The molecule has 37 heavy (non-hydrogen) atoms. The number of allylic oxidation sites excluding steroid dienone is 1. The van der Waals surface area contributed by atoms with E-state index in [4.69, 9.17) is 14.2 Å². The molecule has 0 saturated carbocycles. The summed E-state index contributed by atoms with van der Waals surface area (Å²) in [5.74, 6) is -0.947. The number of nitrogens with zero attached hydrogens (tertiary/aromatic N) is 2. The first-order chi connectivity index (χ1) is 17.6. The van der Waals surface area contributed by atoms with Gasteiger partial charge in [-0.3, -0.25) is 19.0 Å². The second kappa shape index (κ2) is 10.7. The first kappa shape index (κ1) is 26.2. The highest BCUT2D eigenvalue weighted by molar-refractivity contribution is 9.10. The maximum atomic E-state index is 13.7. The molecule has 2 aromatic carbocycles. The van der Waals surface area contributed by atoms with Crippen LogP contribution in [0.25, 0.3) is 6.08 Å². The van der Waals surface area contributed by atoms with Gasteiger partial charge in [0.15, 0.2) is 4.80 Å². The van der Waals surface area contributed by atoms with Gasteiger partial charge in [-0.2, -0.15) is 0 Å². The lowest BCUT2D eigenvalue weighted by Gasteiger charge is -2.24. The molecule has 0 fully saturated rings. The SMILES string of the molecule is COC(=O)C1=C(C)N=c2s/c(=C\c3cc(Br)ccc3OC(C)=O)c(=O)n2C1c1ccc(OC(C)=O)cc1. The van der Waals surface area contributed by atoms with E-state index in [-0.39, 0.29) is 11.1 Å². The molecule has 1 unspecified atom stereocenters. The number of hydrogen-bond donors (Lipinski definition) is 0. The van der Waals surface area contributed by atoms with E-state index in [9.17, 15) is 19.2 Å². The highest BCUT2D eigenvalue weighted by Gasteiger charge is 2.33. The Morgan fingerprint density at radius 2 is 1.73 bits per heavy atom. The summed E-state index contributed by atoms with van der Waals surface area (Å²) in [4.78, 5) is 54.3. The molecule has 0 bridgehead atoms. The van der Waals surface area contributed by atoms with Gasteiger partial charge in [-0.25, -0.2) is 9.79 Å². The number of benzene rings is 2. The van der Waals surface area contributed by atoms with Crippen molar-refractivity contribution < 1.29 is 28.6 Å². The van der Waals surface area contributed by atoms with Crippen LogP contribution in [0.15, 0.2) is 68.0 Å². The third-order valence-electron chi connectivity index (χ3n) is 5.40. The minimum absolute atomic E-state index is 0.213. The fourth-order valence-corrected chi connectivity index (χ4v) is 5.33. The predicted octanol–water partition coefficient (Wildman–Crippen LogP) is 3.02. The number of carbonyl (C=O) groups excluding carboxylic acids is 3. The van der Waals surface area contributed by atoms with Crippen LogP contribution in [0.4, 0.5) is 0 Å². The fourth-order valence-electron chi connectivity index (χ4n) is 3.91. The lowest BCUT2D eigenvalue weighted by molar-refractivity contribution is -0.136. The molecular formula is C26H21BrN2O7S. The molecule has 0 aliphatic carbocycles. The number of esters is 3. The summed E-state index contributed by atoms with van der Waals surface area (Å²) in [6.45, 7) is 4.27. The number of halogens is 1. The van der Waals surface area contributed by atoms with Gasteiger partial charge in [-0.15, -0.1) is 0 Å². The number of rotatable bonds is 5. The number of methoxy groups -OCH3 is 1. The van der Waals surface area contributed by atoms with E-state index < -0.39 is 23.9 Å². The zero-order chi connectivity index (χ0) is 26.9. The van der Waals surface area contributed by atoms with Crippen molar-refractivity contribution in [3.63, 3.8) is 0 Å². The summed E-state index contributed by atoms with van der Waals surface area (Å²) in [5, 5.41) is 0. The smallest absolute Gasteiger partial charge is 0.338 e. The molecule has 3 aromatic rings. The molecule has 0 radical (unpaired) electrons. The number of aromatic nitrogens is 1. The number of ether oxygens (including phenoxy) is 3. The van der Waals surface area contributed by atoms with Crippen LogP contribution in [-0.2, 0) is 19.1 Å². The highest BCUT2D eigenvalue weighted by atomic mass is 79.9. The summed E-state index contributed by atoms with van der Waals surface area (Å²) < 4.78 is 17.9. The van der Waals surface area contributed by atoms with Gasteiger partial charge in [0.2, 0.25) is 0 Å². The zero-order valence-electron chi connectivity index (χ0n) is 20.2. The molecule has 1 aliphatic heterocycles. The molecule has 0 saturated heterocycles. The topological polar surface area (TPSA) is 113 Å². The number of hydrogen-bond acceptors (Lipinski definition) is 9. The standard InChI is InChI=1S/C26H21BrN2O7S/c1-13-22(25(33)34-4)23(16-5-8-19(9-6-16)35-14(2)30)29-24(32)21(37-26(29)28-13)12-17-11-18(27)7-10-20(17)36-15(3)31/h5-12,23H,1-4H3/b21-12-. The van der Waals surface area contributed by atoms with Crippen LogP contribution >= 0.6 is 27.3 Å². The number of carbonyl (C=O) groups is 3. The van der Waals surface area contributed by atoms with Gasteiger partial charge in [-0.1, -0.05) is 39.4 Å². The first-order valence-corrected chi connectivity index (χ1v) is 12.6. The molecule has 1 aromatic heterocycles. The van der Waals surface area contributed by atoms with Crippen LogP contribution in [0.2, 0.25) is 0 Å². The van der Waals surface area contributed by atoms with Gasteiger partial charge in [0.1, 0.15) is 11.5 Å². The molecule has 2 heterocycles. The number of thiazole rings is 1. The van der Waals surface area contributed by atoms with Gasteiger partial charge in [0.05, 0.1) is 29.0 Å². The van der Waals surface area contributed by atoms with Crippen molar-refractivity contribution >= 4 is 51.3 Å². The van der Waals surface area contributed by atoms with E-state index in [2.05, 4.69) is 20.9 Å². The molecular weight excluding hydrogens is 564 g/mol. The Balaban J connectivity index is 1.92. The van der Waals surface area contributed by atoms with Gasteiger partial charge in [-0.05, 0) is 48.9 Å². The molecule has 1 aliphatic rings. The Kier molecular flexibility index (Phi) is 7.55. The zero-order valence-corrected chi connectivity index (χ0v) is 22.6. The maximum Gasteiger partial charge on any atom is 0.338 e. The van der Waals surface area contributed by atoms with E-state index in [1.54, 1.807) is 55.5 Å². The molecule has 0 amide bonds. The largest absolute Gasteiger partial charge is 0.466 e. The summed E-state index contributed by atoms with van der Waals surface area (Å²) in [5.41, 5.74) is 1.35. The third-order valence-corrected chi connectivity index (χ3v) is 6.87. The van der Waals surface area contributed by atoms with Crippen LogP contribution < -0.4 is 24.4 Å². The fraction of sp³-hybridized carbons (Fsp3) is 0.192. The monoisotopic (exact) mass is 584 g/mol. The second-order valence-electron chi connectivity index (χ2n) is 8.01. The third kappa shape index (κ3) is 5.47. The Morgan fingerprint density at radius 1 is 1.05 bits per heavy atom. The Labute approximate surface area is 223 Å². The van der Waals surface area contributed by atoms with E-state index in [0.717, 1.165) is 15.8 Å². The molecule has 9 nitrogen and oxygen atoms in total. The van der Waals surface area contributed by atoms with Crippen LogP contribution in [0.5, 0.6) is 11.5 Å². The van der Waals surface area contributed by atoms with Gasteiger partial charge in [0.25, 0.3) is 5.56 Å². The van der Waals surface area contributed by atoms with E-state index in [1.807, 2.05) is 0 Å². The van der Waals surface area contributed by atoms with Crippen molar-refractivity contribution in [1.82, 2.24) is 4.57 Å². The Hall–Kier alpha value is -3.83. The normalized spacial score (nSPS) is 15.1. The van der Waals surface area contributed by atoms with Gasteiger partial charge in [0, 0.05) is 23.9 Å². The number of fused-ring (bicyclic) bond motifs is 1. The van der Waals surface area contributed by atoms with Gasteiger partial charge < -0.3 is 14.2 Å². The van der Waals surface area contributed by atoms with Crippen molar-refractivity contribution in [3.8, 4) is 11.5 Å². The van der Waals surface area contributed by atoms with Crippen LogP contribution in [-0.4, -0.2) is 29.6 Å². The summed E-state index contributed by atoms with van der Waals surface area (Å²) in [6.07, 6.45) is 1.62. The second-order valence-corrected chi connectivity index (χ2v) is 9.94. The average molecular weight is 585 g/mol. The van der Waals surface area contributed by atoms with Crippen molar-refractivity contribution in [3.05, 3.63) is 89.0 Å². The Bertz CT molecular complexity index is 1630. The van der Waals surface area contributed by atoms with E-state index in [0.29, 0.717) is 37.7 Å². The van der Waals surface area contributed by atoms with Crippen LogP contribution in [0.1, 0.15) is 37.9 Å². The molecule has 4 rings (SSSR count). The lowest BCUT2D eigenvalue weighted by atomic mass is 9.96. The predicted molar refractivity (Wildman–Crippen MR) is 139 cm³/mol. The van der Waals surface area contributed by atoms with Crippen LogP contribution in [0, 0.1) is 0 Å². The Morgan fingerprint density at radius 3 is 2.35 bits per heavy atom. The van der Waals surface area contributed by atoms with Crippen molar-refractivity contribution in [2.24, 2.45) is 4.99 Å². The maximum absolute atomic E-state index is 13.7. The molecule has 11 heteroatoms. The highest BCUT2D eigenvalue weighted by Crippen LogP contribution is 2.31. The summed E-state index contributed by atoms with van der Waals surface area (Å²) >= 11 is 4.55. The molecule has 1 atom stereocenters. The van der Waals surface area contributed by atoms with Crippen LogP contribution in [0.3, 0.4) is 0 Å². The minimum Gasteiger partial charge on any atom is -0.466 e. The van der Waals surface area contributed by atoms with Gasteiger partial charge >= 0.3 is 17.9 Å². The van der Waals surface area contributed by atoms with Crippen molar-refractivity contribution in [2.75, 3.05) is 7.11 Å². The molecule has 190 valence electrons. The minimum atomic E-state index is -0.826.